The maximum Gasteiger partial charge on any atom is 0.129 e. The Bertz CT molecular complexity index is 371. The molecule has 0 saturated carbocycles. The predicted molar refractivity (Wildman–Crippen MR) is 66.5 cm³/mol. The molecule has 1 saturated heterocycles. The highest BCUT2D eigenvalue weighted by Gasteiger charge is 2.17. The van der Waals surface area contributed by atoms with E-state index in [4.69, 9.17) is 4.74 Å². The Balaban J connectivity index is 1.84. The van der Waals surface area contributed by atoms with E-state index in [0.29, 0.717) is 12.3 Å². The number of hydrogen-bond donors (Lipinski definition) is 1. The van der Waals surface area contributed by atoms with Gasteiger partial charge < -0.3 is 10.1 Å². The van der Waals surface area contributed by atoms with Gasteiger partial charge in [0.1, 0.15) is 11.6 Å². The molecule has 0 radical (unpaired) electrons. The molecule has 0 aliphatic carbocycles. The molecule has 0 aromatic heterocycles. The Morgan fingerprint density at radius 2 is 2.11 bits per heavy atom. The smallest absolute Gasteiger partial charge is 0.129 e. The molecule has 2 rings (SSSR count). The van der Waals surface area contributed by atoms with Crippen LogP contribution in [0.1, 0.15) is 18.9 Å². The van der Waals surface area contributed by atoms with Crippen LogP contribution in [-0.2, 0) is 11.2 Å². The summed E-state index contributed by atoms with van der Waals surface area (Å²) < 4.78 is 32.2. The highest BCUT2D eigenvalue weighted by Crippen LogP contribution is 2.15. The molecule has 18 heavy (non-hydrogen) atoms. The third kappa shape index (κ3) is 3.50. The molecule has 1 aliphatic rings. The lowest BCUT2D eigenvalue weighted by atomic mass is 10.0. The van der Waals surface area contributed by atoms with E-state index in [2.05, 4.69) is 5.32 Å². The van der Waals surface area contributed by atoms with Crippen molar-refractivity contribution in [1.29, 1.82) is 0 Å². The van der Waals surface area contributed by atoms with E-state index < -0.39 is 11.6 Å². The first kappa shape index (κ1) is 13.4. The van der Waals surface area contributed by atoms with Crippen molar-refractivity contribution in [2.24, 2.45) is 5.92 Å². The lowest BCUT2D eigenvalue weighted by Gasteiger charge is -2.17. The summed E-state index contributed by atoms with van der Waals surface area (Å²) in [6.45, 7) is 4.40. The van der Waals surface area contributed by atoms with Gasteiger partial charge in [-0.2, -0.15) is 0 Å². The van der Waals surface area contributed by atoms with E-state index in [0.717, 1.165) is 26.2 Å². The summed E-state index contributed by atoms with van der Waals surface area (Å²) in [4.78, 5) is 0. The molecule has 0 spiro atoms. The van der Waals surface area contributed by atoms with Crippen LogP contribution in [0.25, 0.3) is 0 Å². The topological polar surface area (TPSA) is 21.3 Å². The number of halogens is 2. The van der Waals surface area contributed by atoms with Crippen molar-refractivity contribution in [3.63, 3.8) is 0 Å². The van der Waals surface area contributed by atoms with Crippen molar-refractivity contribution in [2.75, 3.05) is 19.8 Å². The van der Waals surface area contributed by atoms with E-state index in [1.807, 2.05) is 6.92 Å². The summed E-state index contributed by atoms with van der Waals surface area (Å²) in [5.74, 6) is -0.404. The fourth-order valence-electron chi connectivity index (χ4n) is 2.22. The van der Waals surface area contributed by atoms with Crippen molar-refractivity contribution in [3.8, 4) is 0 Å². The van der Waals surface area contributed by atoms with E-state index in [9.17, 15) is 8.78 Å². The molecule has 2 nitrogen and oxygen atoms in total. The average Bonchev–Trinajstić information content (AvgIpc) is 2.84. The lowest BCUT2D eigenvalue weighted by molar-refractivity contribution is 0.184. The van der Waals surface area contributed by atoms with Crippen molar-refractivity contribution < 1.29 is 13.5 Å². The molecule has 1 fully saturated rings. The van der Waals surface area contributed by atoms with Gasteiger partial charge in [0.05, 0.1) is 6.61 Å². The average molecular weight is 255 g/mol. The molecule has 0 bridgehead atoms. The van der Waals surface area contributed by atoms with E-state index >= 15 is 0 Å². The molecule has 0 amide bonds. The molecular formula is C14H19F2NO. The fourth-order valence-corrected chi connectivity index (χ4v) is 2.22. The minimum absolute atomic E-state index is 0.0528. The molecule has 1 aliphatic heterocycles. The van der Waals surface area contributed by atoms with Crippen LogP contribution in [0.5, 0.6) is 0 Å². The molecule has 1 aromatic rings. The van der Waals surface area contributed by atoms with Crippen LogP contribution in [0.15, 0.2) is 18.2 Å². The molecule has 2 unspecified atom stereocenters. The molecule has 100 valence electrons. The van der Waals surface area contributed by atoms with Crippen molar-refractivity contribution in [2.45, 2.75) is 25.8 Å². The van der Waals surface area contributed by atoms with Gasteiger partial charge in [0, 0.05) is 24.8 Å². The van der Waals surface area contributed by atoms with Crippen LogP contribution in [0.3, 0.4) is 0 Å². The first-order valence-corrected chi connectivity index (χ1v) is 6.41. The number of hydrogen-bond acceptors (Lipinski definition) is 2. The lowest BCUT2D eigenvalue weighted by Crippen LogP contribution is -2.33. The van der Waals surface area contributed by atoms with Crippen molar-refractivity contribution in [3.05, 3.63) is 35.4 Å². The summed E-state index contributed by atoms with van der Waals surface area (Å²) in [5, 5.41) is 3.31. The fraction of sp³-hybridized carbons (Fsp3) is 0.571. The molecule has 1 aromatic carbocycles. The van der Waals surface area contributed by atoms with Crippen molar-refractivity contribution >= 4 is 0 Å². The molecule has 1 heterocycles. The Morgan fingerprint density at radius 3 is 2.72 bits per heavy atom. The summed E-state index contributed by atoms with van der Waals surface area (Å²) in [6.07, 6.45) is 1.43. The largest absolute Gasteiger partial charge is 0.381 e. The first-order chi connectivity index (χ1) is 8.66. The minimum atomic E-state index is -0.465. The van der Waals surface area contributed by atoms with Crippen LogP contribution in [0.4, 0.5) is 8.78 Å². The molecule has 4 heteroatoms. The zero-order chi connectivity index (χ0) is 13.0. The molecular weight excluding hydrogens is 236 g/mol. The van der Waals surface area contributed by atoms with Crippen LogP contribution in [-0.4, -0.2) is 25.8 Å². The second-order valence-electron chi connectivity index (χ2n) is 4.94. The van der Waals surface area contributed by atoms with E-state index in [-0.39, 0.29) is 11.6 Å². The van der Waals surface area contributed by atoms with Gasteiger partial charge in [-0.1, -0.05) is 6.07 Å². The summed E-state index contributed by atoms with van der Waals surface area (Å²) in [6, 6.07) is 4.05. The summed E-state index contributed by atoms with van der Waals surface area (Å²) in [5.41, 5.74) is 0.167. The first-order valence-electron chi connectivity index (χ1n) is 6.41. The Kier molecular flexibility index (Phi) is 4.66. The monoisotopic (exact) mass is 255 g/mol. The standard InChI is InChI=1S/C14H19F2NO/c1-10(17-8-11-5-6-18-9-11)7-12-13(15)3-2-4-14(12)16/h2-4,10-11,17H,5-9H2,1H3. The zero-order valence-corrected chi connectivity index (χ0v) is 10.6. The maximum absolute atomic E-state index is 13.5. The van der Waals surface area contributed by atoms with Crippen molar-refractivity contribution in [1.82, 2.24) is 5.32 Å². The second-order valence-corrected chi connectivity index (χ2v) is 4.94. The van der Waals surface area contributed by atoms with Crippen LogP contribution in [0, 0.1) is 17.6 Å². The quantitative estimate of drug-likeness (QED) is 0.873. The van der Waals surface area contributed by atoms with Gasteiger partial charge >= 0.3 is 0 Å². The molecule has 1 N–H and O–H groups in total. The number of benzene rings is 1. The highest BCUT2D eigenvalue weighted by molar-refractivity contribution is 5.20. The second kappa shape index (κ2) is 6.25. The third-order valence-electron chi connectivity index (χ3n) is 3.35. The van der Waals surface area contributed by atoms with Gasteiger partial charge in [-0.05, 0) is 37.8 Å². The molecule has 2 atom stereocenters. The van der Waals surface area contributed by atoms with Gasteiger partial charge in [0.15, 0.2) is 0 Å². The van der Waals surface area contributed by atoms with Gasteiger partial charge in [-0.25, -0.2) is 8.78 Å². The van der Waals surface area contributed by atoms with Crippen LogP contribution >= 0.6 is 0 Å². The SMILES string of the molecule is CC(Cc1c(F)cccc1F)NCC1CCOC1. The number of nitrogens with one attached hydrogen (secondary N) is 1. The third-order valence-corrected chi connectivity index (χ3v) is 3.35. The Labute approximate surface area is 106 Å². The maximum atomic E-state index is 13.5. The normalized spacial score (nSPS) is 21.2. The van der Waals surface area contributed by atoms with Gasteiger partial charge in [0.25, 0.3) is 0 Å². The van der Waals surface area contributed by atoms with E-state index in [1.54, 1.807) is 0 Å². The Hall–Kier alpha value is -1.00. The van der Waals surface area contributed by atoms with E-state index in [1.165, 1.54) is 18.2 Å². The predicted octanol–water partition coefficient (Wildman–Crippen LogP) is 2.52. The van der Waals surface area contributed by atoms with Gasteiger partial charge in [-0.15, -0.1) is 0 Å². The minimum Gasteiger partial charge on any atom is -0.381 e. The highest BCUT2D eigenvalue weighted by atomic mass is 19.1. The van der Waals surface area contributed by atoms with Crippen LogP contribution < -0.4 is 5.32 Å². The van der Waals surface area contributed by atoms with Gasteiger partial charge in [-0.3, -0.25) is 0 Å². The number of ether oxygens (including phenoxy) is 1. The summed E-state index contributed by atoms with van der Waals surface area (Å²) in [7, 11) is 0. The number of rotatable bonds is 5. The zero-order valence-electron chi connectivity index (χ0n) is 10.6. The summed E-state index contributed by atoms with van der Waals surface area (Å²) >= 11 is 0. The van der Waals surface area contributed by atoms with Crippen LogP contribution in [0.2, 0.25) is 0 Å². The van der Waals surface area contributed by atoms with Gasteiger partial charge in [0.2, 0.25) is 0 Å². The Morgan fingerprint density at radius 1 is 1.39 bits per heavy atom.